The molecule has 14 nitrogen and oxygen atoms in total. The Bertz CT molecular complexity index is 1630. The van der Waals surface area contributed by atoms with E-state index >= 15 is 0 Å². The van der Waals surface area contributed by atoms with Crippen molar-refractivity contribution in [2.24, 2.45) is 0 Å². The van der Waals surface area contributed by atoms with Crippen LogP contribution in [0.25, 0.3) is 0 Å². The molecule has 12 atom stereocenters. The lowest BCUT2D eigenvalue weighted by Gasteiger charge is -2.46. The van der Waals surface area contributed by atoms with Crippen molar-refractivity contribution in [3.8, 4) is 0 Å². The topological polar surface area (TPSA) is 228 Å². The SMILES string of the molecule is CCCCCCC/C=C\C/C=C\C/C=C\CCCCCCCCC(=O)NC(COC1OC(CO)C(OC2OC(CO)C(O)C(O)C2O)C(O)C1O)C(O)/C=C/CCCCCCCCCCCCCCCCCCCCCCCCCCCCCCC. The summed E-state index contributed by atoms with van der Waals surface area (Å²) in [6.45, 7) is 2.82. The average molecular weight is 1220 g/mol. The minimum Gasteiger partial charge on any atom is -0.394 e. The van der Waals surface area contributed by atoms with Crippen LogP contribution in [0.5, 0.6) is 0 Å². The van der Waals surface area contributed by atoms with Crippen LogP contribution in [0.15, 0.2) is 48.6 Å². The van der Waals surface area contributed by atoms with Gasteiger partial charge in [-0.2, -0.15) is 0 Å². The number of unbranched alkanes of at least 4 members (excludes halogenated alkanes) is 40. The second-order valence-electron chi connectivity index (χ2n) is 25.4. The van der Waals surface area contributed by atoms with Crippen LogP contribution in [0, 0.1) is 0 Å². The van der Waals surface area contributed by atoms with Gasteiger partial charge in [-0.25, -0.2) is 0 Å². The first-order chi connectivity index (χ1) is 42.1. The minimum atomic E-state index is -1.79. The third-order valence-electron chi connectivity index (χ3n) is 17.5. The summed E-state index contributed by atoms with van der Waals surface area (Å²) in [7, 11) is 0. The van der Waals surface area contributed by atoms with Crippen LogP contribution in [0.2, 0.25) is 0 Å². The lowest BCUT2D eigenvalue weighted by molar-refractivity contribution is -0.359. The molecule has 1 amide bonds. The predicted octanol–water partition coefficient (Wildman–Crippen LogP) is 14.7. The molecule has 0 aliphatic carbocycles. The molecular weight excluding hydrogens is 1090 g/mol. The highest BCUT2D eigenvalue weighted by molar-refractivity contribution is 5.76. The van der Waals surface area contributed by atoms with E-state index in [1.165, 1.54) is 212 Å². The number of aliphatic hydroxyl groups is 8. The van der Waals surface area contributed by atoms with Gasteiger partial charge in [-0.3, -0.25) is 4.79 Å². The maximum Gasteiger partial charge on any atom is 0.220 e. The molecule has 2 heterocycles. The number of amides is 1. The summed E-state index contributed by atoms with van der Waals surface area (Å²) in [5, 5.41) is 87.4. The van der Waals surface area contributed by atoms with Crippen molar-refractivity contribution in [3.63, 3.8) is 0 Å². The molecule has 0 aromatic carbocycles. The average Bonchev–Trinajstić information content (AvgIpc) is 2.54. The van der Waals surface area contributed by atoms with E-state index in [-0.39, 0.29) is 18.9 Å². The third-order valence-corrected chi connectivity index (χ3v) is 17.5. The van der Waals surface area contributed by atoms with E-state index in [4.69, 9.17) is 18.9 Å². The maximum atomic E-state index is 13.3. The van der Waals surface area contributed by atoms with Gasteiger partial charge in [0, 0.05) is 6.42 Å². The van der Waals surface area contributed by atoms with Gasteiger partial charge in [0.1, 0.15) is 48.8 Å². The van der Waals surface area contributed by atoms with Crippen molar-refractivity contribution in [2.45, 2.75) is 383 Å². The van der Waals surface area contributed by atoms with E-state index in [0.717, 1.165) is 70.6 Å². The van der Waals surface area contributed by atoms with Crippen molar-refractivity contribution >= 4 is 5.91 Å². The van der Waals surface area contributed by atoms with Crippen molar-refractivity contribution < 1.29 is 64.6 Å². The fraction of sp³-hybridized carbons (Fsp3) is 0.875. The molecule has 86 heavy (non-hydrogen) atoms. The number of carbonyl (C=O) groups excluding carboxylic acids is 1. The Labute approximate surface area is 524 Å². The van der Waals surface area contributed by atoms with Gasteiger partial charge in [-0.05, 0) is 57.8 Å². The van der Waals surface area contributed by atoms with Gasteiger partial charge >= 0.3 is 0 Å². The Morgan fingerprint density at radius 2 is 0.767 bits per heavy atom. The maximum absolute atomic E-state index is 13.3. The Balaban J connectivity index is 1.67. The van der Waals surface area contributed by atoms with E-state index in [2.05, 4.69) is 55.6 Å². The molecule has 504 valence electrons. The van der Waals surface area contributed by atoms with Gasteiger partial charge in [-0.15, -0.1) is 0 Å². The molecule has 0 saturated carbocycles. The number of aliphatic hydroxyl groups excluding tert-OH is 8. The number of allylic oxidation sites excluding steroid dienone is 7. The van der Waals surface area contributed by atoms with Crippen LogP contribution >= 0.6 is 0 Å². The van der Waals surface area contributed by atoms with Crippen molar-refractivity contribution in [3.05, 3.63) is 48.6 Å². The van der Waals surface area contributed by atoms with Gasteiger partial charge in [0.05, 0.1) is 32.0 Å². The van der Waals surface area contributed by atoms with E-state index in [1.54, 1.807) is 6.08 Å². The normalized spacial score (nSPS) is 23.7. The van der Waals surface area contributed by atoms with Gasteiger partial charge in [0.15, 0.2) is 12.6 Å². The highest BCUT2D eigenvalue weighted by atomic mass is 16.7. The number of carbonyl (C=O) groups is 1. The first-order valence-electron chi connectivity index (χ1n) is 35.9. The monoisotopic (exact) mass is 1220 g/mol. The Morgan fingerprint density at radius 1 is 0.419 bits per heavy atom. The molecule has 14 heteroatoms. The molecule has 0 spiro atoms. The fourth-order valence-electron chi connectivity index (χ4n) is 11.8. The molecule has 0 aromatic rings. The lowest BCUT2D eigenvalue weighted by atomic mass is 9.97. The van der Waals surface area contributed by atoms with E-state index < -0.39 is 86.8 Å². The second-order valence-corrected chi connectivity index (χ2v) is 25.4. The van der Waals surface area contributed by atoms with Gasteiger partial charge < -0.3 is 65.1 Å². The number of hydrogen-bond donors (Lipinski definition) is 9. The number of nitrogens with one attached hydrogen (secondary N) is 1. The van der Waals surface area contributed by atoms with E-state index in [9.17, 15) is 45.6 Å². The quantitative estimate of drug-likeness (QED) is 0.0204. The summed E-state index contributed by atoms with van der Waals surface area (Å²) in [6, 6.07) is -0.925. The van der Waals surface area contributed by atoms with Crippen LogP contribution in [0.3, 0.4) is 0 Å². The van der Waals surface area contributed by atoms with Crippen molar-refractivity contribution in [1.29, 1.82) is 0 Å². The molecule has 2 aliphatic heterocycles. The molecule has 9 N–H and O–H groups in total. The first kappa shape index (κ1) is 80.0. The molecule has 2 aliphatic rings. The molecule has 2 saturated heterocycles. The molecule has 2 fully saturated rings. The standard InChI is InChI=1S/C72H133NO13/c1-3-5-7-9-11-13-15-17-19-21-23-25-26-27-28-29-30-31-32-33-34-36-37-39-41-43-45-47-49-51-53-55-61(76)60(59-83-71-69(82)67(80)70(63(58-75)85-71)86-72-68(81)66(79)65(78)62(57-74)84-72)73-64(77)56-54-52-50-48-46-44-42-40-38-35-24-22-20-18-16-14-12-10-8-6-4-2/h16,18,22,24,38,40,53,55,60-63,65-72,74-76,78-82H,3-15,17,19-21,23,25-37,39,41-52,54,56-59H2,1-2H3,(H,73,77)/b18-16-,24-22-,40-38-,55-53+. The summed E-state index contributed by atoms with van der Waals surface area (Å²) in [6.07, 6.45) is 57.4. The van der Waals surface area contributed by atoms with Crippen LogP contribution in [-0.4, -0.2) is 140 Å². The van der Waals surface area contributed by atoms with Gasteiger partial charge in [0.2, 0.25) is 5.91 Å². The highest BCUT2D eigenvalue weighted by Crippen LogP contribution is 2.30. The fourth-order valence-corrected chi connectivity index (χ4v) is 11.8. The second kappa shape index (κ2) is 56.9. The van der Waals surface area contributed by atoms with Crippen LogP contribution in [0.4, 0.5) is 0 Å². The van der Waals surface area contributed by atoms with Gasteiger partial charge in [-0.1, -0.05) is 294 Å². The summed E-state index contributed by atoms with van der Waals surface area (Å²) >= 11 is 0. The number of hydrogen-bond acceptors (Lipinski definition) is 13. The van der Waals surface area contributed by atoms with Crippen LogP contribution in [-0.2, 0) is 23.7 Å². The van der Waals surface area contributed by atoms with Crippen molar-refractivity contribution in [1.82, 2.24) is 5.32 Å². The summed E-state index contributed by atoms with van der Waals surface area (Å²) in [5.74, 6) is -0.249. The smallest absolute Gasteiger partial charge is 0.220 e. The Kier molecular flexibility index (Phi) is 53.0. The van der Waals surface area contributed by atoms with Gasteiger partial charge in [0.25, 0.3) is 0 Å². The molecule has 2 rings (SSSR count). The summed E-state index contributed by atoms with van der Waals surface area (Å²) in [5.41, 5.74) is 0. The molecule has 0 aromatic heterocycles. The highest BCUT2D eigenvalue weighted by Gasteiger charge is 2.51. The predicted molar refractivity (Wildman–Crippen MR) is 351 cm³/mol. The van der Waals surface area contributed by atoms with Crippen LogP contribution < -0.4 is 5.32 Å². The Hall–Kier alpha value is -2.05. The lowest BCUT2D eigenvalue weighted by Crippen LogP contribution is -2.65. The zero-order valence-electron chi connectivity index (χ0n) is 54.8. The zero-order chi connectivity index (χ0) is 62.3. The van der Waals surface area contributed by atoms with Crippen molar-refractivity contribution in [2.75, 3.05) is 19.8 Å². The molecular formula is C72H133NO13. The summed E-state index contributed by atoms with van der Waals surface area (Å²) < 4.78 is 22.9. The largest absolute Gasteiger partial charge is 0.394 e. The van der Waals surface area contributed by atoms with E-state index in [0.29, 0.717) is 6.42 Å². The summed E-state index contributed by atoms with van der Waals surface area (Å²) in [4.78, 5) is 13.3. The zero-order valence-corrected chi connectivity index (χ0v) is 54.8. The molecule has 0 radical (unpaired) electrons. The molecule has 0 bridgehead atoms. The Morgan fingerprint density at radius 3 is 1.17 bits per heavy atom. The van der Waals surface area contributed by atoms with E-state index in [1.807, 2.05) is 6.08 Å². The van der Waals surface area contributed by atoms with Crippen LogP contribution in [0.1, 0.15) is 309 Å². The molecule has 12 unspecified atom stereocenters. The first-order valence-corrected chi connectivity index (χ1v) is 35.9. The third kappa shape index (κ3) is 40.6. The number of rotatable bonds is 59. The minimum absolute atomic E-state index is 0.249. The number of ether oxygens (including phenoxy) is 4.